The Bertz CT molecular complexity index is 938. The summed E-state index contributed by atoms with van der Waals surface area (Å²) >= 11 is 0. The van der Waals surface area contributed by atoms with Crippen molar-refractivity contribution in [1.82, 2.24) is 4.98 Å². The number of H-pyrrole nitrogens is 1. The van der Waals surface area contributed by atoms with E-state index in [1.807, 2.05) is 31.3 Å². The van der Waals surface area contributed by atoms with Crippen LogP contribution < -0.4 is 4.57 Å². The largest absolute Gasteiger partial charge is 0.349 e. The third kappa shape index (κ3) is 1.38. The Balaban J connectivity index is 2.30. The van der Waals surface area contributed by atoms with E-state index in [2.05, 4.69) is 21.7 Å². The number of para-hydroxylation sites is 1. The lowest BCUT2D eigenvalue weighted by atomic mass is 10.1. The molecule has 0 aliphatic heterocycles. The van der Waals surface area contributed by atoms with Gasteiger partial charge in [0.15, 0.2) is 0 Å². The van der Waals surface area contributed by atoms with Gasteiger partial charge < -0.3 is 4.98 Å². The minimum absolute atomic E-state index is 0.206. The fraction of sp³-hybridized carbons (Fsp3) is 0.0625. The van der Waals surface area contributed by atoms with E-state index in [1.165, 1.54) is 11.5 Å². The summed E-state index contributed by atoms with van der Waals surface area (Å²) in [5.41, 5.74) is 4.30. The van der Waals surface area contributed by atoms with E-state index >= 15 is 0 Å². The van der Waals surface area contributed by atoms with Gasteiger partial charge in [0.2, 0.25) is 11.0 Å². The molecule has 19 heavy (non-hydrogen) atoms. The zero-order chi connectivity index (χ0) is 13.0. The van der Waals surface area contributed by atoms with Crippen LogP contribution in [0.15, 0.2) is 48.5 Å². The lowest BCUT2D eigenvalue weighted by Crippen LogP contribution is -2.29. The third-order valence-corrected chi connectivity index (χ3v) is 3.69. The molecule has 92 valence electrons. The molecule has 0 atom stereocenters. The molecule has 0 fully saturated rings. The molecule has 0 spiro atoms. The van der Waals surface area contributed by atoms with Gasteiger partial charge in [-0.25, -0.2) is 4.39 Å². The molecule has 4 rings (SSSR count). The number of halogens is 1. The SMILES string of the molecule is C[n+]1c2ccc(F)cc2cc2[nH]c3ccccc3c21. The minimum Gasteiger partial charge on any atom is -0.349 e. The number of nitrogens with one attached hydrogen (secondary N) is 1. The first-order chi connectivity index (χ1) is 9.24. The van der Waals surface area contributed by atoms with Crippen LogP contribution in [0.2, 0.25) is 0 Å². The van der Waals surface area contributed by atoms with Gasteiger partial charge in [-0.2, -0.15) is 4.57 Å². The molecule has 3 heteroatoms. The number of aromatic amines is 1. The predicted molar refractivity (Wildman–Crippen MR) is 74.4 cm³/mol. The van der Waals surface area contributed by atoms with Crippen molar-refractivity contribution in [1.29, 1.82) is 0 Å². The van der Waals surface area contributed by atoms with E-state index in [0.717, 1.165) is 27.5 Å². The molecule has 0 amide bonds. The maximum atomic E-state index is 13.4. The van der Waals surface area contributed by atoms with Crippen LogP contribution in [0.3, 0.4) is 0 Å². The molecular formula is C16H12FN2+. The molecule has 0 bridgehead atoms. The maximum absolute atomic E-state index is 13.4. The van der Waals surface area contributed by atoms with Crippen LogP contribution in [0, 0.1) is 5.82 Å². The number of hydrogen-bond acceptors (Lipinski definition) is 0. The fourth-order valence-electron chi connectivity index (χ4n) is 2.84. The molecule has 0 aliphatic carbocycles. The van der Waals surface area contributed by atoms with Crippen molar-refractivity contribution in [2.24, 2.45) is 7.05 Å². The average Bonchev–Trinajstić information content (AvgIpc) is 2.76. The Labute approximate surface area is 109 Å². The molecule has 1 N–H and O–H groups in total. The topological polar surface area (TPSA) is 19.7 Å². The Morgan fingerprint density at radius 1 is 1.00 bits per heavy atom. The predicted octanol–water partition coefficient (Wildman–Crippen LogP) is 3.44. The smallest absolute Gasteiger partial charge is 0.238 e. The molecule has 0 aliphatic rings. The van der Waals surface area contributed by atoms with E-state index in [4.69, 9.17) is 0 Å². The summed E-state index contributed by atoms with van der Waals surface area (Å²) in [6, 6.07) is 15.1. The molecule has 2 heterocycles. The number of aromatic nitrogens is 2. The van der Waals surface area contributed by atoms with Gasteiger partial charge in [0.25, 0.3) is 0 Å². The summed E-state index contributed by atoms with van der Waals surface area (Å²) in [5.74, 6) is -0.206. The normalized spacial score (nSPS) is 11.7. The van der Waals surface area contributed by atoms with E-state index in [9.17, 15) is 4.39 Å². The Kier molecular flexibility index (Phi) is 1.96. The molecule has 2 aromatic carbocycles. The highest BCUT2D eigenvalue weighted by atomic mass is 19.1. The molecule has 0 unspecified atom stereocenters. The molecule has 0 saturated heterocycles. The summed E-state index contributed by atoms with van der Waals surface area (Å²) < 4.78 is 15.5. The quantitative estimate of drug-likeness (QED) is 0.462. The molecule has 0 radical (unpaired) electrons. The van der Waals surface area contributed by atoms with Crippen molar-refractivity contribution < 1.29 is 8.96 Å². The van der Waals surface area contributed by atoms with Gasteiger partial charge in [0, 0.05) is 6.07 Å². The van der Waals surface area contributed by atoms with E-state index in [-0.39, 0.29) is 5.82 Å². The Morgan fingerprint density at radius 2 is 1.84 bits per heavy atom. The highest BCUT2D eigenvalue weighted by Crippen LogP contribution is 2.25. The van der Waals surface area contributed by atoms with Crippen molar-refractivity contribution in [3.8, 4) is 0 Å². The summed E-state index contributed by atoms with van der Waals surface area (Å²) in [6.07, 6.45) is 0. The number of pyridine rings is 1. The van der Waals surface area contributed by atoms with Crippen LogP contribution in [-0.4, -0.2) is 4.98 Å². The van der Waals surface area contributed by atoms with Gasteiger partial charge in [0.05, 0.1) is 16.3 Å². The second-order valence-corrected chi connectivity index (χ2v) is 4.84. The van der Waals surface area contributed by atoms with Crippen molar-refractivity contribution in [3.05, 3.63) is 54.3 Å². The number of benzene rings is 2. The first-order valence-corrected chi connectivity index (χ1v) is 6.23. The van der Waals surface area contributed by atoms with Crippen LogP contribution in [0.1, 0.15) is 0 Å². The Hall–Kier alpha value is -2.42. The number of aryl methyl sites for hydroxylation is 1. The Morgan fingerprint density at radius 3 is 2.74 bits per heavy atom. The van der Waals surface area contributed by atoms with Crippen molar-refractivity contribution in [2.75, 3.05) is 0 Å². The lowest BCUT2D eigenvalue weighted by Gasteiger charge is -1.99. The second-order valence-electron chi connectivity index (χ2n) is 4.84. The van der Waals surface area contributed by atoms with E-state index < -0.39 is 0 Å². The first kappa shape index (κ1) is 10.5. The molecule has 0 saturated carbocycles. The van der Waals surface area contributed by atoms with Crippen LogP contribution >= 0.6 is 0 Å². The van der Waals surface area contributed by atoms with Crippen molar-refractivity contribution >= 4 is 32.8 Å². The monoisotopic (exact) mass is 251 g/mol. The number of nitrogens with zero attached hydrogens (tertiary/aromatic N) is 1. The first-order valence-electron chi connectivity index (χ1n) is 6.23. The molecule has 2 aromatic heterocycles. The van der Waals surface area contributed by atoms with Crippen molar-refractivity contribution in [2.45, 2.75) is 0 Å². The molecule has 2 nitrogen and oxygen atoms in total. The summed E-state index contributed by atoms with van der Waals surface area (Å²) in [7, 11) is 2.02. The fourth-order valence-corrected chi connectivity index (χ4v) is 2.84. The second kappa shape index (κ2) is 3.54. The van der Waals surface area contributed by atoms with E-state index in [0.29, 0.717) is 0 Å². The zero-order valence-electron chi connectivity index (χ0n) is 10.4. The van der Waals surface area contributed by atoms with Gasteiger partial charge in [-0.3, -0.25) is 0 Å². The van der Waals surface area contributed by atoms with Gasteiger partial charge in [-0.15, -0.1) is 0 Å². The summed E-state index contributed by atoms with van der Waals surface area (Å²) in [4.78, 5) is 3.39. The zero-order valence-corrected chi connectivity index (χ0v) is 10.4. The van der Waals surface area contributed by atoms with Gasteiger partial charge in [-0.1, -0.05) is 12.1 Å². The van der Waals surface area contributed by atoms with Crippen LogP contribution in [0.25, 0.3) is 32.8 Å². The number of hydrogen-bond donors (Lipinski definition) is 1. The molecular weight excluding hydrogens is 239 g/mol. The minimum atomic E-state index is -0.206. The van der Waals surface area contributed by atoms with Crippen LogP contribution in [0.5, 0.6) is 0 Å². The summed E-state index contributed by atoms with van der Waals surface area (Å²) in [5, 5.41) is 2.09. The third-order valence-electron chi connectivity index (χ3n) is 3.69. The summed E-state index contributed by atoms with van der Waals surface area (Å²) in [6.45, 7) is 0. The van der Waals surface area contributed by atoms with Gasteiger partial charge in [0.1, 0.15) is 18.4 Å². The van der Waals surface area contributed by atoms with Crippen LogP contribution in [0.4, 0.5) is 4.39 Å². The maximum Gasteiger partial charge on any atom is 0.238 e. The van der Waals surface area contributed by atoms with E-state index in [1.54, 1.807) is 6.07 Å². The standard InChI is InChI=1S/C16H11FN2/c1-19-15-7-6-11(17)8-10(15)9-14-16(19)12-4-2-3-5-13(12)18-14/h2-9H,1H3/p+1. The molecule has 4 aromatic rings. The highest BCUT2D eigenvalue weighted by molar-refractivity contribution is 6.05. The van der Waals surface area contributed by atoms with Crippen molar-refractivity contribution in [3.63, 3.8) is 0 Å². The average molecular weight is 251 g/mol. The van der Waals surface area contributed by atoms with Crippen LogP contribution in [-0.2, 0) is 7.05 Å². The number of fused-ring (bicyclic) bond motifs is 4. The van der Waals surface area contributed by atoms with Gasteiger partial charge >= 0.3 is 0 Å². The lowest BCUT2D eigenvalue weighted by molar-refractivity contribution is -0.616. The number of rotatable bonds is 0. The highest BCUT2D eigenvalue weighted by Gasteiger charge is 2.16. The van der Waals surface area contributed by atoms with Gasteiger partial charge in [-0.05, 0) is 30.3 Å².